The number of carboxylic acid groups (broad SMARTS) is 1. The number of rotatable bonds is 3. The van der Waals surface area contributed by atoms with Gasteiger partial charge in [0.25, 0.3) is 5.91 Å². The third-order valence-electron chi connectivity index (χ3n) is 3.58. The number of hydrogen-bond acceptors (Lipinski definition) is 3. The smallest absolute Gasteiger partial charge is 0.329 e. The summed E-state index contributed by atoms with van der Waals surface area (Å²) >= 11 is 6.09. The lowest BCUT2D eigenvalue weighted by Crippen LogP contribution is -2.50. The lowest BCUT2D eigenvalue weighted by Gasteiger charge is -2.31. The van der Waals surface area contributed by atoms with Gasteiger partial charge >= 0.3 is 5.97 Å². The number of carbonyl (C=O) groups is 2. The fourth-order valence-corrected chi connectivity index (χ4v) is 2.10. The van der Waals surface area contributed by atoms with E-state index in [-0.39, 0.29) is 10.8 Å². The molecule has 1 aromatic carbocycles. The van der Waals surface area contributed by atoms with Gasteiger partial charge in [-0.1, -0.05) is 35.9 Å². The number of fused-ring (bicyclic) bond motifs is 1. The fourth-order valence-electron chi connectivity index (χ4n) is 1.83. The molecule has 2 rings (SSSR count). The molecule has 0 aliphatic carbocycles. The van der Waals surface area contributed by atoms with Gasteiger partial charge in [-0.2, -0.15) is 0 Å². The van der Waals surface area contributed by atoms with E-state index in [1.165, 1.54) is 20.9 Å². The highest BCUT2D eigenvalue weighted by Gasteiger charge is 2.36. The molecule has 110 valence electrons. The van der Waals surface area contributed by atoms with Crippen LogP contribution in [0.1, 0.15) is 24.3 Å². The number of benzene rings is 1. The predicted molar refractivity (Wildman–Crippen MR) is 80.6 cm³/mol. The van der Waals surface area contributed by atoms with Crippen LogP contribution in [0.2, 0.25) is 5.15 Å². The molecule has 0 bridgehead atoms. The van der Waals surface area contributed by atoms with Crippen molar-refractivity contribution in [1.29, 1.82) is 0 Å². The zero-order valence-corrected chi connectivity index (χ0v) is 12.7. The van der Waals surface area contributed by atoms with Crippen LogP contribution >= 0.6 is 11.6 Å². The van der Waals surface area contributed by atoms with E-state index in [9.17, 15) is 14.7 Å². The standard InChI is InChI=1S/C15H15ClN2O3/c1-15(2,14(20)21)18(3)13(19)11-8-9-6-4-5-7-10(9)12(16)17-11/h4-8H,1-3H3,(H,20,21). The highest BCUT2D eigenvalue weighted by molar-refractivity contribution is 6.34. The molecule has 0 fully saturated rings. The van der Waals surface area contributed by atoms with E-state index in [0.717, 1.165) is 15.7 Å². The van der Waals surface area contributed by atoms with E-state index < -0.39 is 17.4 Å². The molecule has 0 aliphatic rings. The van der Waals surface area contributed by atoms with Crippen molar-refractivity contribution < 1.29 is 14.7 Å². The molecule has 6 heteroatoms. The summed E-state index contributed by atoms with van der Waals surface area (Å²) in [4.78, 5) is 28.9. The summed E-state index contributed by atoms with van der Waals surface area (Å²) in [7, 11) is 1.43. The molecule has 0 unspecified atom stereocenters. The van der Waals surface area contributed by atoms with Crippen molar-refractivity contribution in [3.63, 3.8) is 0 Å². The zero-order valence-electron chi connectivity index (χ0n) is 11.9. The number of pyridine rings is 1. The minimum Gasteiger partial charge on any atom is -0.480 e. The lowest BCUT2D eigenvalue weighted by molar-refractivity contribution is -0.147. The highest BCUT2D eigenvalue weighted by Crippen LogP contribution is 2.24. The van der Waals surface area contributed by atoms with Crippen molar-refractivity contribution in [2.75, 3.05) is 7.05 Å². The summed E-state index contributed by atoms with van der Waals surface area (Å²) in [5.74, 6) is -1.58. The topological polar surface area (TPSA) is 70.5 Å². The normalized spacial score (nSPS) is 11.4. The van der Waals surface area contributed by atoms with Gasteiger partial charge in [0.15, 0.2) is 0 Å². The summed E-state index contributed by atoms with van der Waals surface area (Å²) in [6.45, 7) is 2.91. The van der Waals surface area contributed by atoms with Crippen molar-refractivity contribution >= 4 is 34.2 Å². The molecule has 2 aromatic rings. The second kappa shape index (κ2) is 5.33. The van der Waals surface area contributed by atoms with Crippen molar-refractivity contribution in [1.82, 2.24) is 9.88 Å². The van der Waals surface area contributed by atoms with E-state index in [0.29, 0.717) is 0 Å². The van der Waals surface area contributed by atoms with E-state index >= 15 is 0 Å². The van der Waals surface area contributed by atoms with Gasteiger partial charge in [-0.15, -0.1) is 0 Å². The van der Waals surface area contributed by atoms with Crippen LogP contribution in [0.25, 0.3) is 10.8 Å². The number of carbonyl (C=O) groups excluding carboxylic acids is 1. The molecule has 0 saturated heterocycles. The number of likely N-dealkylation sites (N-methyl/N-ethyl adjacent to an activating group) is 1. The van der Waals surface area contributed by atoms with Gasteiger partial charge in [-0.3, -0.25) is 4.79 Å². The van der Waals surface area contributed by atoms with Crippen molar-refractivity contribution in [3.8, 4) is 0 Å². The molecular formula is C15H15ClN2O3. The van der Waals surface area contributed by atoms with Crippen LogP contribution in [-0.4, -0.2) is 39.5 Å². The number of aromatic nitrogens is 1. The molecule has 5 nitrogen and oxygen atoms in total. The molecule has 1 aromatic heterocycles. The molecule has 1 N–H and O–H groups in total. The Hall–Kier alpha value is -2.14. The average molecular weight is 307 g/mol. The molecule has 0 spiro atoms. The maximum Gasteiger partial charge on any atom is 0.329 e. The first kappa shape index (κ1) is 15.3. The van der Waals surface area contributed by atoms with Gasteiger partial charge in [0, 0.05) is 12.4 Å². The number of aliphatic carboxylic acids is 1. The largest absolute Gasteiger partial charge is 0.480 e. The molecule has 0 radical (unpaired) electrons. The first-order chi connectivity index (χ1) is 9.75. The number of halogens is 1. The molecule has 1 heterocycles. The van der Waals surface area contributed by atoms with E-state index in [1.807, 2.05) is 24.3 Å². The van der Waals surface area contributed by atoms with Crippen molar-refractivity contribution in [2.45, 2.75) is 19.4 Å². The van der Waals surface area contributed by atoms with Gasteiger partial charge in [0.05, 0.1) is 0 Å². The molecular weight excluding hydrogens is 292 g/mol. The second-order valence-corrected chi connectivity index (χ2v) is 5.61. The monoisotopic (exact) mass is 306 g/mol. The maximum atomic E-state index is 12.4. The quantitative estimate of drug-likeness (QED) is 0.885. The van der Waals surface area contributed by atoms with E-state index in [2.05, 4.69) is 4.98 Å². The van der Waals surface area contributed by atoms with Gasteiger partial charge in [0.1, 0.15) is 16.4 Å². The first-order valence-corrected chi connectivity index (χ1v) is 6.70. The van der Waals surface area contributed by atoms with Crippen LogP contribution in [0.5, 0.6) is 0 Å². The Balaban J connectivity index is 2.47. The van der Waals surface area contributed by atoms with Gasteiger partial charge in [-0.05, 0) is 25.3 Å². The van der Waals surface area contributed by atoms with E-state index in [1.54, 1.807) is 6.07 Å². The Labute approximate surface area is 127 Å². The Bertz CT molecular complexity index is 728. The van der Waals surface area contributed by atoms with Gasteiger partial charge in [0.2, 0.25) is 0 Å². The maximum absolute atomic E-state index is 12.4. The first-order valence-electron chi connectivity index (χ1n) is 6.32. The summed E-state index contributed by atoms with van der Waals surface area (Å²) in [6, 6.07) is 8.90. The average Bonchev–Trinajstić information content (AvgIpc) is 2.45. The van der Waals surface area contributed by atoms with Crippen LogP contribution in [0.4, 0.5) is 0 Å². The van der Waals surface area contributed by atoms with Crippen LogP contribution < -0.4 is 0 Å². The number of carboxylic acids is 1. The molecule has 0 saturated carbocycles. The molecule has 21 heavy (non-hydrogen) atoms. The molecule has 0 aliphatic heterocycles. The van der Waals surface area contributed by atoms with E-state index in [4.69, 9.17) is 11.6 Å². The highest BCUT2D eigenvalue weighted by atomic mass is 35.5. The summed E-state index contributed by atoms with van der Waals surface area (Å²) < 4.78 is 0. The van der Waals surface area contributed by atoms with Gasteiger partial charge < -0.3 is 10.0 Å². The third-order valence-corrected chi connectivity index (χ3v) is 3.87. The fraction of sp³-hybridized carbons (Fsp3) is 0.267. The molecule has 1 amide bonds. The summed E-state index contributed by atoms with van der Waals surface area (Å²) in [5.41, 5.74) is -1.22. The Morgan fingerprint density at radius 3 is 2.52 bits per heavy atom. The van der Waals surface area contributed by atoms with Crippen LogP contribution in [0, 0.1) is 0 Å². The third kappa shape index (κ3) is 2.69. The second-order valence-electron chi connectivity index (χ2n) is 5.25. The summed E-state index contributed by atoms with van der Waals surface area (Å²) in [5, 5.41) is 10.9. The Morgan fingerprint density at radius 1 is 1.29 bits per heavy atom. The van der Waals surface area contributed by atoms with Crippen LogP contribution in [-0.2, 0) is 4.79 Å². The molecule has 0 atom stereocenters. The number of amides is 1. The zero-order chi connectivity index (χ0) is 15.8. The number of nitrogens with zero attached hydrogens (tertiary/aromatic N) is 2. The van der Waals surface area contributed by atoms with Crippen LogP contribution in [0.3, 0.4) is 0 Å². The Morgan fingerprint density at radius 2 is 1.90 bits per heavy atom. The van der Waals surface area contributed by atoms with Gasteiger partial charge in [-0.25, -0.2) is 9.78 Å². The Kier molecular flexibility index (Phi) is 3.87. The minimum atomic E-state index is -1.34. The van der Waals surface area contributed by atoms with Crippen LogP contribution in [0.15, 0.2) is 30.3 Å². The minimum absolute atomic E-state index is 0.121. The summed E-state index contributed by atoms with van der Waals surface area (Å²) in [6.07, 6.45) is 0. The lowest BCUT2D eigenvalue weighted by atomic mass is 10.0. The SMILES string of the molecule is CN(C(=O)c1cc2ccccc2c(Cl)n1)C(C)(C)C(=O)O. The number of hydrogen-bond donors (Lipinski definition) is 1. The van der Waals surface area contributed by atoms with Crippen molar-refractivity contribution in [3.05, 3.63) is 41.2 Å². The van der Waals surface area contributed by atoms with Crippen molar-refractivity contribution in [2.24, 2.45) is 0 Å². The predicted octanol–water partition coefficient (Wildman–Crippen LogP) is 2.82.